The number of carbonyl (C=O) groups excluding carboxylic acids is 2. The van der Waals surface area contributed by atoms with E-state index < -0.39 is 23.1 Å². The first kappa shape index (κ1) is 29.7. The smallest absolute Gasteiger partial charge is 0.220 e. The summed E-state index contributed by atoms with van der Waals surface area (Å²) in [5.74, 6) is 0.438. The number of carbonyl (C=O) groups is 2. The average molecular weight is 517 g/mol. The third kappa shape index (κ3) is 10.2. The molecule has 0 aliphatic heterocycles. The number of rotatable bonds is 17. The minimum atomic E-state index is -1.48. The zero-order valence-electron chi connectivity index (χ0n) is 21.7. The Labute approximate surface area is 217 Å². The first-order valence-electron chi connectivity index (χ1n) is 12.7. The van der Waals surface area contributed by atoms with Crippen LogP contribution in [0.3, 0.4) is 0 Å². The number of Topliss-reactive ketones (excluding diaryl/α,β-unsaturated/α-hetero) is 1. The van der Waals surface area contributed by atoms with Crippen molar-refractivity contribution in [2.24, 2.45) is 0 Å². The van der Waals surface area contributed by atoms with Crippen LogP contribution in [0.25, 0.3) is 0 Å². The highest BCUT2D eigenvalue weighted by molar-refractivity contribution is 7.82. The molecule has 0 aromatic heterocycles. The van der Waals surface area contributed by atoms with E-state index in [1.54, 1.807) is 42.6 Å². The molecule has 2 aromatic carbocycles. The second kappa shape index (κ2) is 16.2. The van der Waals surface area contributed by atoms with Crippen LogP contribution in [0.4, 0.5) is 0 Å². The highest BCUT2D eigenvalue weighted by atomic mass is 32.2. The molecule has 0 saturated carbocycles. The van der Waals surface area contributed by atoms with Gasteiger partial charge in [0.05, 0.1) is 24.2 Å². The summed E-state index contributed by atoms with van der Waals surface area (Å²) >= 11 is 0. The van der Waals surface area contributed by atoms with E-state index in [1.807, 2.05) is 30.3 Å². The van der Waals surface area contributed by atoms with E-state index in [-0.39, 0.29) is 31.1 Å². The van der Waals surface area contributed by atoms with Crippen molar-refractivity contribution in [2.45, 2.75) is 75.8 Å². The van der Waals surface area contributed by atoms with Gasteiger partial charge in [0.25, 0.3) is 0 Å². The van der Waals surface area contributed by atoms with Crippen LogP contribution in [0.1, 0.15) is 57.9 Å². The molecule has 198 valence electrons. The molecule has 3 unspecified atom stereocenters. The molecule has 1 amide bonds. The lowest BCUT2D eigenvalue weighted by molar-refractivity contribution is -0.126. The lowest BCUT2D eigenvalue weighted by Gasteiger charge is -2.29. The fraction of sp³-hybridized carbons (Fsp3) is 0.500. The number of benzene rings is 2. The van der Waals surface area contributed by atoms with E-state index in [9.17, 15) is 18.9 Å². The van der Waals surface area contributed by atoms with Gasteiger partial charge >= 0.3 is 0 Å². The van der Waals surface area contributed by atoms with Crippen molar-refractivity contribution in [1.82, 2.24) is 9.62 Å². The van der Waals surface area contributed by atoms with Crippen molar-refractivity contribution in [3.63, 3.8) is 0 Å². The Morgan fingerprint density at radius 2 is 1.72 bits per heavy atom. The van der Waals surface area contributed by atoms with E-state index in [4.69, 9.17) is 4.74 Å². The van der Waals surface area contributed by atoms with Gasteiger partial charge < -0.3 is 15.2 Å². The summed E-state index contributed by atoms with van der Waals surface area (Å²) in [6.45, 7) is 4.57. The molecule has 0 fully saturated rings. The zero-order chi connectivity index (χ0) is 26.3. The van der Waals surface area contributed by atoms with Gasteiger partial charge in [-0.2, -0.15) is 0 Å². The minimum absolute atomic E-state index is 0.0299. The number of hydrogen-bond acceptors (Lipinski definition) is 5. The molecule has 0 saturated heterocycles. The number of amides is 1. The number of aliphatic hydroxyl groups excluding tert-OH is 1. The van der Waals surface area contributed by atoms with Crippen LogP contribution in [0.15, 0.2) is 59.5 Å². The molecule has 0 aliphatic rings. The molecule has 3 atom stereocenters. The van der Waals surface area contributed by atoms with E-state index in [0.29, 0.717) is 30.0 Å². The monoisotopic (exact) mass is 516 g/mol. The summed E-state index contributed by atoms with van der Waals surface area (Å²) in [4.78, 5) is 24.9. The number of hydrogen-bond donors (Lipinski definition) is 2. The summed E-state index contributed by atoms with van der Waals surface area (Å²) in [7, 11) is 0.100. The van der Waals surface area contributed by atoms with Gasteiger partial charge in [0.15, 0.2) is 0 Å². The molecular formula is C28H40N2O5S. The Hall–Kier alpha value is -2.55. The third-order valence-corrected chi connectivity index (χ3v) is 7.51. The van der Waals surface area contributed by atoms with Gasteiger partial charge in [-0.3, -0.25) is 9.59 Å². The van der Waals surface area contributed by atoms with E-state index in [0.717, 1.165) is 24.8 Å². The molecule has 8 heteroatoms. The van der Waals surface area contributed by atoms with Crippen LogP contribution in [0, 0.1) is 0 Å². The molecule has 36 heavy (non-hydrogen) atoms. The van der Waals surface area contributed by atoms with Gasteiger partial charge in [0.2, 0.25) is 5.91 Å². The Morgan fingerprint density at radius 1 is 1.03 bits per heavy atom. The Morgan fingerprint density at radius 3 is 2.33 bits per heavy atom. The van der Waals surface area contributed by atoms with Crippen molar-refractivity contribution < 1.29 is 23.6 Å². The van der Waals surface area contributed by atoms with Crippen molar-refractivity contribution in [3.05, 3.63) is 60.2 Å². The molecule has 0 heterocycles. The fourth-order valence-electron chi connectivity index (χ4n) is 3.82. The number of aliphatic hydroxyl groups is 1. The Kier molecular flexibility index (Phi) is 13.4. The largest absolute Gasteiger partial charge is 0.497 e. The number of ether oxygens (including phenoxy) is 1. The van der Waals surface area contributed by atoms with E-state index >= 15 is 0 Å². The number of nitrogens with zero attached hydrogens (tertiary/aromatic N) is 1. The van der Waals surface area contributed by atoms with Gasteiger partial charge in [-0.15, -0.1) is 0 Å². The molecule has 0 spiro atoms. The molecule has 0 aliphatic carbocycles. The molecular weight excluding hydrogens is 476 g/mol. The lowest BCUT2D eigenvalue weighted by Crippen LogP contribution is -2.50. The molecule has 2 rings (SSSR count). The van der Waals surface area contributed by atoms with Crippen molar-refractivity contribution in [2.75, 3.05) is 20.2 Å². The molecule has 7 nitrogen and oxygen atoms in total. The maximum Gasteiger partial charge on any atom is 0.220 e. The highest BCUT2D eigenvalue weighted by Crippen LogP contribution is 2.18. The van der Waals surface area contributed by atoms with Crippen LogP contribution >= 0.6 is 0 Å². The minimum Gasteiger partial charge on any atom is -0.497 e. The summed E-state index contributed by atoms with van der Waals surface area (Å²) in [6.07, 6.45) is 2.99. The fourth-order valence-corrected chi connectivity index (χ4v) is 5.07. The van der Waals surface area contributed by atoms with Crippen LogP contribution in [-0.2, 0) is 27.0 Å². The Bertz CT molecular complexity index is 952. The van der Waals surface area contributed by atoms with Gasteiger partial charge in [0, 0.05) is 32.4 Å². The summed E-state index contributed by atoms with van der Waals surface area (Å²) in [5.41, 5.74) is 0.972. The van der Waals surface area contributed by atoms with Crippen molar-refractivity contribution in [1.29, 1.82) is 0 Å². The second-order valence-electron chi connectivity index (χ2n) is 8.84. The predicted molar refractivity (Wildman–Crippen MR) is 143 cm³/mol. The lowest BCUT2D eigenvalue weighted by atomic mass is 10.0. The maximum atomic E-state index is 13.4. The maximum absolute atomic E-state index is 13.4. The number of ketones is 1. The van der Waals surface area contributed by atoms with Crippen LogP contribution in [0.5, 0.6) is 5.75 Å². The number of unbranched alkanes of at least 4 members (excludes halogenated alkanes) is 2. The normalized spacial score (nSPS) is 13.7. The number of nitrogens with one attached hydrogen (secondary N) is 1. The van der Waals surface area contributed by atoms with E-state index in [2.05, 4.69) is 12.2 Å². The first-order chi connectivity index (χ1) is 17.4. The SMILES string of the molecule is CCCCCN(CC(O)C(Cc1ccccc1)NC(=O)CCC(=O)CC)S(=O)c1ccc(OC)cc1. The first-order valence-corrected chi connectivity index (χ1v) is 13.8. The number of methoxy groups -OCH3 is 1. The van der Waals surface area contributed by atoms with Crippen molar-refractivity contribution >= 4 is 22.7 Å². The third-order valence-electron chi connectivity index (χ3n) is 6.03. The van der Waals surface area contributed by atoms with Gasteiger partial charge in [0.1, 0.15) is 22.5 Å². The standard InChI is InChI=1S/C28H40N2O5S/c1-4-6-10-19-30(36(34)25-16-14-24(35-3)15-17-25)21-27(32)26(20-22-11-8-7-9-12-22)29-28(33)18-13-23(31)5-2/h7-9,11-12,14-17,26-27,32H,4-6,10,13,18-21H2,1-3H3,(H,29,33). The topological polar surface area (TPSA) is 95.9 Å². The summed E-state index contributed by atoms with van der Waals surface area (Å²) in [6, 6.07) is 16.1. The molecule has 0 bridgehead atoms. The summed E-state index contributed by atoms with van der Waals surface area (Å²) < 4.78 is 20.4. The van der Waals surface area contributed by atoms with Crippen LogP contribution in [-0.4, -0.2) is 57.7 Å². The van der Waals surface area contributed by atoms with Crippen LogP contribution in [0.2, 0.25) is 0 Å². The van der Waals surface area contributed by atoms with Crippen molar-refractivity contribution in [3.8, 4) is 5.75 Å². The molecule has 2 aromatic rings. The second-order valence-corrected chi connectivity index (χ2v) is 10.3. The quantitative estimate of drug-likeness (QED) is 0.309. The van der Waals surface area contributed by atoms with Gasteiger partial charge in [-0.25, -0.2) is 8.51 Å². The average Bonchev–Trinajstić information content (AvgIpc) is 2.91. The van der Waals surface area contributed by atoms with Crippen LogP contribution < -0.4 is 10.1 Å². The van der Waals surface area contributed by atoms with Gasteiger partial charge in [-0.05, 0) is 42.7 Å². The zero-order valence-corrected chi connectivity index (χ0v) is 22.5. The Balaban J connectivity index is 2.18. The highest BCUT2D eigenvalue weighted by Gasteiger charge is 2.27. The van der Waals surface area contributed by atoms with E-state index in [1.165, 1.54) is 0 Å². The summed E-state index contributed by atoms with van der Waals surface area (Å²) in [5, 5.41) is 14.2. The van der Waals surface area contributed by atoms with Gasteiger partial charge in [-0.1, -0.05) is 57.0 Å². The predicted octanol–water partition coefficient (Wildman–Crippen LogP) is 4.06. The molecule has 2 N–H and O–H groups in total. The molecule has 0 radical (unpaired) electrons.